The van der Waals surface area contributed by atoms with Crippen LogP contribution in [0.1, 0.15) is 11.4 Å². The number of H-pyrrole nitrogens is 1. The minimum absolute atomic E-state index is 0.0172. The molecule has 0 fully saturated rings. The Hall–Kier alpha value is -2.65. The van der Waals surface area contributed by atoms with Crippen LogP contribution in [-0.4, -0.2) is 34.9 Å². The average Bonchev–Trinajstić information content (AvgIpc) is 2.95. The lowest BCUT2D eigenvalue weighted by atomic mass is 9.93. The Morgan fingerprint density at radius 3 is 2.48 bits per heavy atom. The molecule has 112 valence electrons. The van der Waals surface area contributed by atoms with E-state index in [9.17, 15) is 4.79 Å². The molecule has 1 atom stereocenters. The molecular formula is C12H18N8O. The molecule has 9 nitrogen and oxygen atoms in total. The molecule has 21 heavy (non-hydrogen) atoms. The van der Waals surface area contributed by atoms with Gasteiger partial charge in [-0.1, -0.05) is 12.2 Å². The van der Waals surface area contributed by atoms with Gasteiger partial charge in [0, 0.05) is 13.1 Å². The number of aromatic nitrogens is 2. The summed E-state index contributed by atoms with van der Waals surface area (Å²) in [7, 11) is 0. The number of aromatic amines is 1. The molecule has 0 aliphatic carbocycles. The number of nitrogens with zero attached hydrogens (tertiary/aromatic N) is 2. The minimum atomic E-state index is -1.36. The Morgan fingerprint density at radius 2 is 1.90 bits per heavy atom. The second kappa shape index (κ2) is 5.77. The van der Waals surface area contributed by atoms with Crippen LogP contribution in [0.4, 0.5) is 5.95 Å². The first-order chi connectivity index (χ1) is 10.0. The number of carbonyl (C=O) groups is 1. The van der Waals surface area contributed by atoms with E-state index in [2.05, 4.69) is 20.3 Å². The Balaban J connectivity index is 2.60. The lowest BCUT2D eigenvalue weighted by Crippen LogP contribution is -2.38. The molecule has 10 N–H and O–H groups in total. The van der Waals surface area contributed by atoms with Gasteiger partial charge in [0.15, 0.2) is 11.9 Å². The third-order valence-corrected chi connectivity index (χ3v) is 2.92. The normalized spacial score (nSPS) is 22.2. The number of nitrogens with one attached hydrogen (secondary N) is 2. The number of aliphatic imine (C=N–C) groups is 1. The van der Waals surface area contributed by atoms with Gasteiger partial charge in [0.05, 0.1) is 11.4 Å². The third kappa shape index (κ3) is 2.64. The topological polar surface area (TPSA) is 174 Å². The van der Waals surface area contributed by atoms with Crippen LogP contribution in [0.15, 0.2) is 23.2 Å². The van der Waals surface area contributed by atoms with Gasteiger partial charge in [-0.25, -0.2) is 9.98 Å². The summed E-state index contributed by atoms with van der Waals surface area (Å²) < 4.78 is 0. The van der Waals surface area contributed by atoms with Crippen molar-refractivity contribution in [3.8, 4) is 0 Å². The van der Waals surface area contributed by atoms with Crippen LogP contribution < -0.4 is 28.3 Å². The number of carbonyl (C=O) groups excluding carboxylic acids is 1. The van der Waals surface area contributed by atoms with Crippen molar-refractivity contribution in [2.75, 3.05) is 18.8 Å². The fraction of sp³-hybridized carbons (Fsp3) is 0.250. The highest BCUT2D eigenvalue weighted by Crippen LogP contribution is 2.33. The summed E-state index contributed by atoms with van der Waals surface area (Å²) in [4.78, 5) is 23.5. The van der Waals surface area contributed by atoms with Crippen LogP contribution >= 0.6 is 0 Å². The first kappa shape index (κ1) is 14.8. The molecule has 1 amide bonds. The summed E-state index contributed by atoms with van der Waals surface area (Å²) in [5.74, 6) is -0.227. The van der Waals surface area contributed by atoms with E-state index in [4.69, 9.17) is 22.9 Å². The standard InChI is InChI=1S/C12H18N8O/c13-5-1-3-7-8(18-10(15)17-7)12(4-2-6-14)9(21)19-11(16)20-12/h1-4H,5-6,13-14H2,(H3,15,17,18)(H3,16,19,20,21)/b3-1+,4-2-/t12-/m0/s1. The molecule has 0 bridgehead atoms. The van der Waals surface area contributed by atoms with Gasteiger partial charge in [0.25, 0.3) is 5.91 Å². The molecular weight excluding hydrogens is 272 g/mol. The minimum Gasteiger partial charge on any atom is -0.370 e. The summed E-state index contributed by atoms with van der Waals surface area (Å²) in [6.45, 7) is 0.581. The van der Waals surface area contributed by atoms with Crippen LogP contribution in [0.2, 0.25) is 0 Å². The molecule has 1 aromatic rings. The maximum Gasteiger partial charge on any atom is 0.264 e. The summed E-state index contributed by atoms with van der Waals surface area (Å²) in [5, 5.41) is 2.47. The quantitative estimate of drug-likeness (QED) is 0.346. The molecule has 0 aromatic carbocycles. The Bertz CT molecular complexity index is 629. The lowest BCUT2D eigenvalue weighted by Gasteiger charge is -2.18. The molecule has 0 saturated carbocycles. The fourth-order valence-electron chi connectivity index (χ4n) is 2.08. The first-order valence-electron chi connectivity index (χ1n) is 6.30. The Morgan fingerprint density at radius 1 is 1.19 bits per heavy atom. The largest absolute Gasteiger partial charge is 0.370 e. The van der Waals surface area contributed by atoms with Crippen LogP contribution in [-0.2, 0) is 10.3 Å². The van der Waals surface area contributed by atoms with Crippen LogP contribution in [0, 0.1) is 0 Å². The number of hydrogen-bond acceptors (Lipinski definition) is 7. The van der Waals surface area contributed by atoms with E-state index in [0.29, 0.717) is 17.9 Å². The number of nitrogens with two attached hydrogens (primary N) is 4. The smallest absolute Gasteiger partial charge is 0.264 e. The lowest BCUT2D eigenvalue weighted by molar-refractivity contribution is -0.122. The highest BCUT2D eigenvalue weighted by Gasteiger charge is 2.45. The van der Waals surface area contributed by atoms with Gasteiger partial charge in [0.2, 0.25) is 5.54 Å². The second-order valence-corrected chi connectivity index (χ2v) is 4.38. The molecule has 1 aliphatic rings. The van der Waals surface area contributed by atoms with E-state index in [0.717, 1.165) is 0 Å². The molecule has 0 unspecified atom stereocenters. The van der Waals surface area contributed by atoms with Crippen molar-refractivity contribution in [1.82, 2.24) is 15.3 Å². The van der Waals surface area contributed by atoms with Crippen molar-refractivity contribution in [3.63, 3.8) is 0 Å². The SMILES string of the molecule is NC/C=C\[C@@]1(c2[nH]c(N)nc2/C=C/CN)N=C(N)NC1=O. The van der Waals surface area contributed by atoms with E-state index in [1.165, 1.54) is 0 Å². The Kier molecular flexibility index (Phi) is 4.05. The molecule has 9 heteroatoms. The number of rotatable bonds is 5. The summed E-state index contributed by atoms with van der Waals surface area (Å²) in [5.41, 5.74) is 21.7. The van der Waals surface area contributed by atoms with E-state index in [1.54, 1.807) is 24.3 Å². The number of nitrogen functional groups attached to an aromatic ring is 1. The van der Waals surface area contributed by atoms with Crippen LogP contribution in [0.25, 0.3) is 6.08 Å². The average molecular weight is 290 g/mol. The molecule has 1 aromatic heterocycles. The summed E-state index contributed by atoms with van der Waals surface area (Å²) in [6.07, 6.45) is 6.54. The van der Waals surface area contributed by atoms with Gasteiger partial charge >= 0.3 is 0 Å². The van der Waals surface area contributed by atoms with Crippen molar-refractivity contribution in [3.05, 3.63) is 29.6 Å². The summed E-state index contributed by atoms with van der Waals surface area (Å²) in [6, 6.07) is 0. The van der Waals surface area contributed by atoms with E-state index >= 15 is 0 Å². The zero-order valence-electron chi connectivity index (χ0n) is 11.3. The van der Waals surface area contributed by atoms with Crippen LogP contribution in [0.5, 0.6) is 0 Å². The molecule has 0 spiro atoms. The highest BCUT2D eigenvalue weighted by atomic mass is 16.2. The molecule has 0 radical (unpaired) electrons. The van der Waals surface area contributed by atoms with Gasteiger partial charge in [0.1, 0.15) is 0 Å². The maximum atomic E-state index is 12.3. The predicted octanol–water partition coefficient (Wildman–Crippen LogP) is -1.88. The number of amides is 1. The molecule has 0 saturated heterocycles. The van der Waals surface area contributed by atoms with E-state index in [-0.39, 0.29) is 18.5 Å². The van der Waals surface area contributed by atoms with Gasteiger partial charge in [-0.15, -0.1) is 0 Å². The zero-order chi connectivity index (χ0) is 15.5. The molecule has 1 aliphatic heterocycles. The number of imidazole rings is 1. The van der Waals surface area contributed by atoms with Gasteiger partial charge < -0.3 is 27.9 Å². The van der Waals surface area contributed by atoms with E-state index < -0.39 is 11.4 Å². The number of anilines is 1. The first-order valence-corrected chi connectivity index (χ1v) is 6.30. The summed E-state index contributed by atoms with van der Waals surface area (Å²) >= 11 is 0. The van der Waals surface area contributed by atoms with Gasteiger partial charge in [-0.3, -0.25) is 10.1 Å². The molecule has 2 rings (SSSR count). The highest BCUT2D eigenvalue weighted by molar-refractivity contribution is 6.08. The zero-order valence-corrected chi connectivity index (χ0v) is 11.3. The Labute approximate surface area is 121 Å². The third-order valence-electron chi connectivity index (χ3n) is 2.92. The second-order valence-electron chi connectivity index (χ2n) is 4.38. The van der Waals surface area contributed by atoms with Crippen molar-refractivity contribution in [2.24, 2.45) is 22.2 Å². The molecule has 2 heterocycles. The van der Waals surface area contributed by atoms with Gasteiger partial charge in [-0.2, -0.15) is 0 Å². The van der Waals surface area contributed by atoms with Crippen molar-refractivity contribution in [1.29, 1.82) is 0 Å². The predicted molar refractivity (Wildman–Crippen MR) is 80.7 cm³/mol. The number of hydrogen-bond donors (Lipinski definition) is 6. The van der Waals surface area contributed by atoms with Crippen molar-refractivity contribution in [2.45, 2.75) is 5.54 Å². The fourth-order valence-corrected chi connectivity index (χ4v) is 2.08. The van der Waals surface area contributed by atoms with Crippen molar-refractivity contribution >= 4 is 23.9 Å². The van der Waals surface area contributed by atoms with Crippen LogP contribution in [0.3, 0.4) is 0 Å². The van der Waals surface area contributed by atoms with Crippen molar-refractivity contribution < 1.29 is 4.79 Å². The van der Waals surface area contributed by atoms with Gasteiger partial charge in [-0.05, 0) is 12.2 Å². The maximum absolute atomic E-state index is 12.3. The number of guanidine groups is 1. The monoisotopic (exact) mass is 290 g/mol. The van der Waals surface area contributed by atoms with E-state index in [1.807, 2.05) is 0 Å².